The minimum atomic E-state index is -0.937. The fourth-order valence-corrected chi connectivity index (χ4v) is 2.38. The monoisotopic (exact) mass is 341 g/mol. The molecule has 0 fully saturated rings. The molecule has 0 saturated heterocycles. The van der Waals surface area contributed by atoms with Gasteiger partial charge in [0.25, 0.3) is 0 Å². The summed E-state index contributed by atoms with van der Waals surface area (Å²) < 4.78 is 5.66. The first kappa shape index (κ1) is 18.5. The molecule has 2 rings (SSSR count). The number of ether oxygens (including phenoxy) is 1. The minimum Gasteiger partial charge on any atom is -0.493 e. The molecule has 0 unspecified atom stereocenters. The lowest BCUT2D eigenvalue weighted by molar-refractivity contribution is -0.121. The van der Waals surface area contributed by atoms with Crippen LogP contribution in [0.4, 0.5) is 0 Å². The van der Waals surface area contributed by atoms with Gasteiger partial charge in [-0.15, -0.1) is 0 Å². The predicted octanol–water partition coefficient (Wildman–Crippen LogP) is 3.21. The first-order valence-corrected chi connectivity index (χ1v) is 8.33. The van der Waals surface area contributed by atoms with E-state index in [9.17, 15) is 9.59 Å². The molecule has 2 N–H and O–H groups in total. The number of carboxylic acid groups (broad SMARTS) is 1. The van der Waals surface area contributed by atoms with Gasteiger partial charge in [0.05, 0.1) is 12.2 Å². The zero-order valence-corrected chi connectivity index (χ0v) is 14.3. The molecule has 0 aliphatic carbocycles. The van der Waals surface area contributed by atoms with Gasteiger partial charge in [0.1, 0.15) is 5.75 Å². The number of benzene rings is 2. The number of carboxylic acids is 1. The molecule has 0 aromatic heterocycles. The third-order valence-corrected chi connectivity index (χ3v) is 3.84. The van der Waals surface area contributed by atoms with Crippen molar-refractivity contribution in [2.75, 3.05) is 13.2 Å². The molecule has 0 aliphatic rings. The number of para-hydroxylation sites is 1. The Labute approximate surface area is 147 Å². The Balaban J connectivity index is 1.61. The second kappa shape index (κ2) is 9.47. The Morgan fingerprint density at radius 2 is 1.80 bits per heavy atom. The van der Waals surface area contributed by atoms with E-state index in [0.717, 1.165) is 16.9 Å². The van der Waals surface area contributed by atoms with Crippen LogP contribution in [-0.4, -0.2) is 30.1 Å². The summed E-state index contributed by atoms with van der Waals surface area (Å²) in [5.41, 5.74) is 2.34. The standard InChI is InChI=1S/C20H23NO4/c1-15-5-2-3-6-18(15)25-14-4-7-19(22)21-13-12-16-8-10-17(11-9-16)20(23)24/h2-3,5-6,8-11H,4,7,12-14H2,1H3,(H,21,22)(H,23,24). The lowest BCUT2D eigenvalue weighted by Crippen LogP contribution is -2.25. The van der Waals surface area contributed by atoms with Crippen molar-refractivity contribution in [3.05, 3.63) is 65.2 Å². The van der Waals surface area contributed by atoms with Crippen molar-refractivity contribution in [1.82, 2.24) is 5.32 Å². The van der Waals surface area contributed by atoms with E-state index in [2.05, 4.69) is 5.32 Å². The fourth-order valence-electron chi connectivity index (χ4n) is 2.38. The van der Waals surface area contributed by atoms with Crippen molar-refractivity contribution in [2.45, 2.75) is 26.2 Å². The molecule has 0 atom stereocenters. The molecule has 0 spiro atoms. The van der Waals surface area contributed by atoms with E-state index < -0.39 is 5.97 Å². The van der Waals surface area contributed by atoms with E-state index in [0.29, 0.717) is 32.4 Å². The molecule has 5 nitrogen and oxygen atoms in total. The normalized spacial score (nSPS) is 10.3. The summed E-state index contributed by atoms with van der Waals surface area (Å²) >= 11 is 0. The summed E-state index contributed by atoms with van der Waals surface area (Å²) in [4.78, 5) is 22.6. The molecular weight excluding hydrogens is 318 g/mol. The second-order valence-electron chi connectivity index (χ2n) is 5.82. The van der Waals surface area contributed by atoms with Crippen LogP contribution in [0, 0.1) is 6.92 Å². The Morgan fingerprint density at radius 3 is 2.48 bits per heavy atom. The van der Waals surface area contributed by atoms with E-state index in [1.54, 1.807) is 24.3 Å². The van der Waals surface area contributed by atoms with Crippen LogP contribution in [-0.2, 0) is 11.2 Å². The van der Waals surface area contributed by atoms with Gasteiger partial charge in [0.2, 0.25) is 5.91 Å². The number of hydrogen-bond acceptors (Lipinski definition) is 3. The predicted molar refractivity (Wildman–Crippen MR) is 96.0 cm³/mol. The average Bonchev–Trinajstić information content (AvgIpc) is 2.60. The van der Waals surface area contributed by atoms with Crippen LogP contribution in [0.2, 0.25) is 0 Å². The number of hydrogen-bond donors (Lipinski definition) is 2. The summed E-state index contributed by atoms with van der Waals surface area (Å²) in [7, 11) is 0. The molecule has 1 amide bonds. The highest BCUT2D eigenvalue weighted by Gasteiger charge is 2.04. The van der Waals surface area contributed by atoms with Crippen LogP contribution in [0.25, 0.3) is 0 Å². The minimum absolute atomic E-state index is 0.00413. The first-order valence-electron chi connectivity index (χ1n) is 8.33. The van der Waals surface area contributed by atoms with Gasteiger partial charge in [-0.2, -0.15) is 0 Å². The quantitative estimate of drug-likeness (QED) is 0.687. The third kappa shape index (κ3) is 6.30. The largest absolute Gasteiger partial charge is 0.493 e. The molecule has 25 heavy (non-hydrogen) atoms. The molecule has 132 valence electrons. The fraction of sp³-hybridized carbons (Fsp3) is 0.300. The molecule has 0 saturated carbocycles. The van der Waals surface area contributed by atoms with E-state index in [4.69, 9.17) is 9.84 Å². The number of aromatic carboxylic acids is 1. The van der Waals surface area contributed by atoms with Crippen LogP contribution in [0.1, 0.15) is 34.3 Å². The molecule has 0 heterocycles. The zero-order valence-electron chi connectivity index (χ0n) is 14.3. The molecule has 0 bridgehead atoms. The summed E-state index contributed by atoms with van der Waals surface area (Å²) in [5.74, 6) is -0.0870. The number of carbonyl (C=O) groups excluding carboxylic acids is 1. The molecule has 2 aromatic rings. The molecular formula is C20H23NO4. The second-order valence-corrected chi connectivity index (χ2v) is 5.82. The van der Waals surface area contributed by atoms with Crippen molar-refractivity contribution >= 4 is 11.9 Å². The summed E-state index contributed by atoms with van der Waals surface area (Å²) in [6.07, 6.45) is 1.75. The Bertz CT molecular complexity index is 710. The number of rotatable bonds is 9. The maximum atomic E-state index is 11.8. The Morgan fingerprint density at radius 1 is 1.08 bits per heavy atom. The molecule has 2 aromatic carbocycles. The number of aryl methyl sites for hydroxylation is 1. The number of carbonyl (C=O) groups is 2. The van der Waals surface area contributed by atoms with E-state index in [1.807, 2.05) is 31.2 Å². The topological polar surface area (TPSA) is 75.6 Å². The maximum absolute atomic E-state index is 11.8. The van der Waals surface area contributed by atoms with Crippen molar-refractivity contribution in [3.8, 4) is 5.75 Å². The lowest BCUT2D eigenvalue weighted by Gasteiger charge is -2.09. The molecule has 0 radical (unpaired) electrons. The summed E-state index contributed by atoms with van der Waals surface area (Å²) in [6, 6.07) is 14.5. The average molecular weight is 341 g/mol. The van der Waals surface area contributed by atoms with Crippen molar-refractivity contribution in [2.24, 2.45) is 0 Å². The smallest absolute Gasteiger partial charge is 0.335 e. The van der Waals surface area contributed by atoms with Gasteiger partial charge < -0.3 is 15.2 Å². The van der Waals surface area contributed by atoms with Gasteiger partial charge in [-0.3, -0.25) is 4.79 Å². The van der Waals surface area contributed by atoms with Crippen molar-refractivity contribution < 1.29 is 19.4 Å². The van der Waals surface area contributed by atoms with Gasteiger partial charge in [0.15, 0.2) is 0 Å². The summed E-state index contributed by atoms with van der Waals surface area (Å²) in [5, 5.41) is 11.7. The van der Waals surface area contributed by atoms with Crippen molar-refractivity contribution in [3.63, 3.8) is 0 Å². The number of nitrogens with one attached hydrogen (secondary N) is 1. The molecule has 0 aliphatic heterocycles. The maximum Gasteiger partial charge on any atom is 0.335 e. The van der Waals surface area contributed by atoms with Crippen LogP contribution >= 0.6 is 0 Å². The highest BCUT2D eigenvalue weighted by Crippen LogP contribution is 2.16. The lowest BCUT2D eigenvalue weighted by atomic mass is 10.1. The van der Waals surface area contributed by atoms with Gasteiger partial charge >= 0.3 is 5.97 Å². The zero-order chi connectivity index (χ0) is 18.1. The van der Waals surface area contributed by atoms with Gasteiger partial charge in [0, 0.05) is 13.0 Å². The van der Waals surface area contributed by atoms with Gasteiger partial charge in [-0.25, -0.2) is 4.79 Å². The van der Waals surface area contributed by atoms with Gasteiger partial charge in [-0.05, 0) is 49.1 Å². The van der Waals surface area contributed by atoms with Crippen LogP contribution in [0.5, 0.6) is 5.75 Å². The van der Waals surface area contributed by atoms with E-state index in [1.165, 1.54) is 0 Å². The van der Waals surface area contributed by atoms with Crippen molar-refractivity contribution in [1.29, 1.82) is 0 Å². The molecule has 5 heteroatoms. The van der Waals surface area contributed by atoms with Crippen LogP contribution in [0.3, 0.4) is 0 Å². The van der Waals surface area contributed by atoms with Crippen LogP contribution in [0.15, 0.2) is 48.5 Å². The van der Waals surface area contributed by atoms with Gasteiger partial charge in [-0.1, -0.05) is 30.3 Å². The number of amides is 1. The first-order chi connectivity index (χ1) is 12.1. The Kier molecular flexibility index (Phi) is 7.01. The SMILES string of the molecule is Cc1ccccc1OCCCC(=O)NCCc1ccc(C(=O)O)cc1. The van der Waals surface area contributed by atoms with Crippen LogP contribution < -0.4 is 10.1 Å². The van der Waals surface area contributed by atoms with E-state index >= 15 is 0 Å². The third-order valence-electron chi connectivity index (χ3n) is 3.84. The highest BCUT2D eigenvalue weighted by molar-refractivity contribution is 5.87. The highest BCUT2D eigenvalue weighted by atomic mass is 16.5. The van der Waals surface area contributed by atoms with E-state index in [-0.39, 0.29) is 11.5 Å². The Hall–Kier alpha value is -2.82. The summed E-state index contributed by atoms with van der Waals surface area (Å²) in [6.45, 7) is 3.03.